The fourth-order valence-corrected chi connectivity index (χ4v) is 7.17. The van der Waals surface area contributed by atoms with Crippen molar-refractivity contribution in [3.05, 3.63) is 11.6 Å². The van der Waals surface area contributed by atoms with E-state index < -0.39 is 5.60 Å². The molecule has 0 heterocycles. The van der Waals surface area contributed by atoms with E-state index in [1.807, 2.05) is 0 Å². The van der Waals surface area contributed by atoms with E-state index in [-0.39, 0.29) is 23.4 Å². The maximum absolute atomic E-state index is 11.2. The Hall–Kier alpha value is -0.850. The number of nitriles is 1. The van der Waals surface area contributed by atoms with Gasteiger partial charge in [0.1, 0.15) is 0 Å². The molecule has 4 aliphatic rings. The van der Waals surface area contributed by atoms with Crippen LogP contribution in [0.1, 0.15) is 71.6 Å². The standard InChI is InChI=1S/C21H31NO2/c1-19-8-5-15(23)13-14(19)3-4-16-17(19)6-9-20(2)18(16)7-10-21(20,24)11-12-22/h3,15-18,23-24H,4-11,13H2,1-2H3/t15-,16-,17+,18-,19+,20-,21+/m1/s1. The van der Waals surface area contributed by atoms with Gasteiger partial charge in [-0.3, -0.25) is 0 Å². The molecule has 0 radical (unpaired) electrons. The Morgan fingerprint density at radius 1 is 1.17 bits per heavy atom. The van der Waals surface area contributed by atoms with Crippen LogP contribution in [0.4, 0.5) is 0 Å². The highest BCUT2D eigenvalue weighted by Crippen LogP contribution is 2.67. The molecule has 0 spiro atoms. The number of hydrogen-bond acceptors (Lipinski definition) is 3. The molecule has 0 bridgehead atoms. The van der Waals surface area contributed by atoms with Gasteiger partial charge in [-0.1, -0.05) is 25.5 Å². The molecule has 3 nitrogen and oxygen atoms in total. The highest BCUT2D eigenvalue weighted by atomic mass is 16.3. The van der Waals surface area contributed by atoms with Crippen molar-refractivity contribution in [3.8, 4) is 6.07 Å². The first kappa shape index (κ1) is 16.6. The van der Waals surface area contributed by atoms with Gasteiger partial charge in [0.25, 0.3) is 0 Å². The molecule has 3 heteroatoms. The van der Waals surface area contributed by atoms with Crippen molar-refractivity contribution in [1.29, 1.82) is 5.26 Å². The van der Waals surface area contributed by atoms with E-state index >= 15 is 0 Å². The minimum Gasteiger partial charge on any atom is -0.393 e. The van der Waals surface area contributed by atoms with E-state index in [9.17, 15) is 15.5 Å². The first-order valence-corrected chi connectivity index (χ1v) is 9.81. The summed E-state index contributed by atoms with van der Waals surface area (Å²) in [6, 6.07) is 2.25. The molecule has 0 saturated heterocycles. The second-order valence-corrected chi connectivity index (χ2v) is 9.52. The highest BCUT2D eigenvalue weighted by Gasteiger charge is 2.63. The van der Waals surface area contributed by atoms with Crippen molar-refractivity contribution >= 4 is 0 Å². The number of nitrogens with zero attached hydrogens (tertiary/aromatic N) is 1. The second kappa shape index (κ2) is 5.32. The van der Waals surface area contributed by atoms with Gasteiger partial charge >= 0.3 is 0 Å². The molecular weight excluding hydrogens is 298 g/mol. The Labute approximate surface area is 145 Å². The lowest BCUT2D eigenvalue weighted by Gasteiger charge is -2.58. The predicted octanol–water partition coefficient (Wildman–Crippen LogP) is 3.95. The van der Waals surface area contributed by atoms with Crippen LogP contribution in [0.2, 0.25) is 0 Å². The summed E-state index contributed by atoms with van der Waals surface area (Å²) in [6.45, 7) is 4.69. The third-order valence-corrected chi connectivity index (χ3v) is 8.77. The van der Waals surface area contributed by atoms with Crippen LogP contribution in [-0.4, -0.2) is 21.9 Å². The van der Waals surface area contributed by atoms with Gasteiger partial charge < -0.3 is 10.2 Å². The van der Waals surface area contributed by atoms with E-state index in [4.69, 9.17) is 0 Å². The van der Waals surface area contributed by atoms with Crippen LogP contribution >= 0.6 is 0 Å². The van der Waals surface area contributed by atoms with Gasteiger partial charge in [0.05, 0.1) is 24.2 Å². The summed E-state index contributed by atoms with van der Waals surface area (Å²) < 4.78 is 0. The molecule has 4 aliphatic carbocycles. The fraction of sp³-hybridized carbons (Fsp3) is 0.857. The van der Waals surface area contributed by atoms with Crippen LogP contribution in [0.25, 0.3) is 0 Å². The average Bonchev–Trinajstić information content (AvgIpc) is 2.80. The smallest absolute Gasteiger partial charge is 0.0833 e. The summed E-state index contributed by atoms with van der Waals surface area (Å²) in [6.07, 6.45) is 10.6. The van der Waals surface area contributed by atoms with Gasteiger partial charge in [0.2, 0.25) is 0 Å². The maximum Gasteiger partial charge on any atom is 0.0833 e. The van der Waals surface area contributed by atoms with Crippen LogP contribution in [0, 0.1) is 39.9 Å². The SMILES string of the molecule is C[C@]12CC[C@@H](O)CC1=CC[C@H]1[C@H]3CC[C@](O)(CC#N)[C@]3(C)CC[C@@H]12. The molecule has 4 rings (SSSR count). The zero-order valence-electron chi connectivity index (χ0n) is 15.1. The molecule has 0 aromatic carbocycles. The lowest BCUT2D eigenvalue weighted by atomic mass is 9.47. The van der Waals surface area contributed by atoms with Crippen molar-refractivity contribution in [1.82, 2.24) is 0 Å². The monoisotopic (exact) mass is 329 g/mol. The van der Waals surface area contributed by atoms with Crippen molar-refractivity contribution < 1.29 is 10.2 Å². The molecule has 0 aliphatic heterocycles. The van der Waals surface area contributed by atoms with Crippen molar-refractivity contribution in [3.63, 3.8) is 0 Å². The molecular formula is C21H31NO2. The zero-order valence-corrected chi connectivity index (χ0v) is 15.1. The lowest BCUT2D eigenvalue weighted by Crippen LogP contribution is -2.54. The molecule has 3 fully saturated rings. The van der Waals surface area contributed by atoms with Crippen molar-refractivity contribution in [2.45, 2.75) is 83.3 Å². The van der Waals surface area contributed by atoms with Crippen LogP contribution in [0.15, 0.2) is 11.6 Å². The van der Waals surface area contributed by atoms with Crippen molar-refractivity contribution in [2.24, 2.45) is 28.6 Å². The van der Waals surface area contributed by atoms with Crippen LogP contribution in [0.5, 0.6) is 0 Å². The number of allylic oxidation sites excluding steroid dienone is 1. The van der Waals surface area contributed by atoms with E-state index in [1.54, 1.807) is 0 Å². The highest BCUT2D eigenvalue weighted by molar-refractivity contribution is 5.26. The van der Waals surface area contributed by atoms with Crippen LogP contribution in [0.3, 0.4) is 0 Å². The largest absolute Gasteiger partial charge is 0.393 e. The zero-order chi connectivity index (χ0) is 17.2. The quantitative estimate of drug-likeness (QED) is 0.716. The summed E-state index contributed by atoms with van der Waals surface area (Å²) >= 11 is 0. The van der Waals surface area contributed by atoms with Crippen LogP contribution in [-0.2, 0) is 0 Å². The Bertz CT molecular complexity index is 607. The Balaban J connectivity index is 1.67. The minimum atomic E-state index is -0.787. The van der Waals surface area contributed by atoms with E-state index in [1.165, 1.54) is 5.57 Å². The number of aliphatic hydroxyl groups excluding tert-OH is 1. The summed E-state index contributed by atoms with van der Waals surface area (Å²) in [7, 11) is 0. The summed E-state index contributed by atoms with van der Waals surface area (Å²) in [5.74, 6) is 1.86. The minimum absolute atomic E-state index is 0.0974. The first-order valence-electron chi connectivity index (χ1n) is 9.81. The van der Waals surface area contributed by atoms with Crippen LogP contribution < -0.4 is 0 Å². The molecule has 3 saturated carbocycles. The van der Waals surface area contributed by atoms with Crippen molar-refractivity contribution in [2.75, 3.05) is 0 Å². The topological polar surface area (TPSA) is 64.2 Å². The van der Waals surface area contributed by atoms with Gasteiger partial charge in [0, 0.05) is 5.41 Å². The first-order chi connectivity index (χ1) is 11.3. The number of rotatable bonds is 1. The molecule has 24 heavy (non-hydrogen) atoms. The van der Waals surface area contributed by atoms with E-state index in [0.717, 1.165) is 51.4 Å². The number of hydrogen-bond donors (Lipinski definition) is 2. The van der Waals surface area contributed by atoms with Gasteiger partial charge in [-0.05, 0) is 74.5 Å². The Kier molecular flexibility index (Phi) is 3.68. The molecule has 7 atom stereocenters. The number of fused-ring (bicyclic) bond motifs is 5. The van der Waals surface area contributed by atoms with Gasteiger partial charge in [-0.2, -0.15) is 5.26 Å². The average molecular weight is 329 g/mol. The summed E-state index contributed by atoms with van der Waals surface area (Å²) in [5.41, 5.74) is 0.862. The third-order valence-electron chi connectivity index (χ3n) is 8.77. The van der Waals surface area contributed by atoms with Gasteiger partial charge in [0.15, 0.2) is 0 Å². The van der Waals surface area contributed by atoms with Gasteiger partial charge in [-0.15, -0.1) is 0 Å². The molecule has 2 N–H and O–H groups in total. The summed E-state index contributed by atoms with van der Waals surface area (Å²) in [5, 5.41) is 30.5. The molecule has 132 valence electrons. The van der Waals surface area contributed by atoms with E-state index in [2.05, 4.69) is 26.0 Å². The fourth-order valence-electron chi connectivity index (χ4n) is 7.17. The molecule has 0 aromatic heterocycles. The Morgan fingerprint density at radius 2 is 1.92 bits per heavy atom. The van der Waals surface area contributed by atoms with Gasteiger partial charge in [-0.25, -0.2) is 0 Å². The Morgan fingerprint density at radius 3 is 2.67 bits per heavy atom. The normalized spacial score (nSPS) is 53.4. The second-order valence-electron chi connectivity index (χ2n) is 9.52. The molecule has 0 unspecified atom stereocenters. The predicted molar refractivity (Wildman–Crippen MR) is 92.9 cm³/mol. The number of aliphatic hydroxyl groups is 2. The molecule has 0 aromatic rings. The molecule has 0 amide bonds. The lowest BCUT2D eigenvalue weighted by molar-refractivity contribution is -0.122. The third kappa shape index (κ3) is 2.02. The maximum atomic E-state index is 11.2. The summed E-state index contributed by atoms with van der Waals surface area (Å²) in [4.78, 5) is 0. The van der Waals surface area contributed by atoms with E-state index in [0.29, 0.717) is 17.8 Å².